The van der Waals surface area contributed by atoms with Crippen LogP contribution < -0.4 is 5.32 Å². The van der Waals surface area contributed by atoms with Crippen molar-refractivity contribution in [1.29, 1.82) is 0 Å². The van der Waals surface area contributed by atoms with Crippen LogP contribution in [0.2, 0.25) is 0 Å². The van der Waals surface area contributed by atoms with E-state index < -0.39 is 57.4 Å². The lowest BCUT2D eigenvalue weighted by Crippen LogP contribution is -2.60. The van der Waals surface area contributed by atoms with Crippen LogP contribution in [-0.4, -0.2) is 74.8 Å². The van der Waals surface area contributed by atoms with Gasteiger partial charge in [0.05, 0.1) is 12.1 Å². The molecule has 1 N–H and O–H groups in total. The van der Waals surface area contributed by atoms with Crippen molar-refractivity contribution < 1.29 is 37.4 Å². The monoisotopic (exact) mass is 709 g/mol. The number of nitrogens with one attached hydrogen (secondary N) is 1. The van der Waals surface area contributed by atoms with E-state index in [1.807, 2.05) is 74.5 Å². The predicted molar refractivity (Wildman–Crippen MR) is 189 cm³/mol. The van der Waals surface area contributed by atoms with Crippen molar-refractivity contribution in [3.63, 3.8) is 0 Å². The maximum Gasteiger partial charge on any atom is 0.408 e. The van der Waals surface area contributed by atoms with Gasteiger partial charge in [0.2, 0.25) is 11.3 Å². The van der Waals surface area contributed by atoms with Crippen LogP contribution in [0.5, 0.6) is 0 Å². The van der Waals surface area contributed by atoms with Gasteiger partial charge in [0.25, 0.3) is 11.8 Å². The van der Waals surface area contributed by atoms with Crippen molar-refractivity contribution in [2.45, 2.75) is 134 Å². The van der Waals surface area contributed by atoms with Gasteiger partial charge in [-0.25, -0.2) is 13.6 Å². The Labute approximate surface area is 300 Å². The normalized spacial score (nSPS) is 29.8. The zero-order valence-electron chi connectivity index (χ0n) is 31.2. The van der Waals surface area contributed by atoms with Crippen molar-refractivity contribution in [3.8, 4) is 0 Å². The molecule has 4 aliphatic rings. The number of rotatable bonds is 6. The number of ether oxygens (including phenoxy) is 2. The number of hydrogen-bond donors (Lipinski definition) is 1. The molecule has 0 aromatic heterocycles. The van der Waals surface area contributed by atoms with E-state index in [0.717, 1.165) is 11.1 Å². The molecule has 11 heteroatoms. The minimum absolute atomic E-state index is 0.0767. The summed E-state index contributed by atoms with van der Waals surface area (Å²) in [5.74, 6) is -1.70. The topological polar surface area (TPSA) is 105 Å². The van der Waals surface area contributed by atoms with E-state index in [4.69, 9.17) is 9.47 Å². The number of nitrogens with zero attached hydrogens (tertiary/aromatic N) is 2. The molecule has 2 saturated carbocycles. The van der Waals surface area contributed by atoms with Gasteiger partial charge in [0, 0.05) is 13.1 Å². The number of esters is 1. The Morgan fingerprint density at radius 2 is 1.14 bits per heavy atom. The van der Waals surface area contributed by atoms with Crippen LogP contribution in [-0.2, 0) is 23.9 Å². The number of halogens is 2. The van der Waals surface area contributed by atoms with E-state index in [1.165, 1.54) is 4.90 Å². The molecule has 6 rings (SSSR count). The molecular weight excluding hydrogens is 656 g/mol. The van der Waals surface area contributed by atoms with E-state index in [-0.39, 0.29) is 38.0 Å². The zero-order chi connectivity index (χ0) is 37.6. The molecule has 0 bridgehead atoms. The third-order valence-corrected chi connectivity index (χ3v) is 10.9. The fourth-order valence-corrected chi connectivity index (χ4v) is 8.21. The van der Waals surface area contributed by atoms with E-state index >= 15 is 8.78 Å². The summed E-state index contributed by atoms with van der Waals surface area (Å²) < 4.78 is 42.4. The lowest BCUT2D eigenvalue weighted by Gasteiger charge is -2.33. The Balaban J connectivity index is 0.000000198. The van der Waals surface area contributed by atoms with Gasteiger partial charge in [-0.05, 0) is 105 Å². The van der Waals surface area contributed by atoms with Crippen LogP contribution in [0.1, 0.15) is 117 Å². The van der Waals surface area contributed by atoms with Gasteiger partial charge < -0.3 is 24.6 Å². The van der Waals surface area contributed by atoms with Crippen LogP contribution in [0.3, 0.4) is 0 Å². The summed E-state index contributed by atoms with van der Waals surface area (Å²) in [7, 11) is 0. The van der Waals surface area contributed by atoms with Crippen molar-refractivity contribution in [1.82, 2.24) is 15.1 Å². The van der Waals surface area contributed by atoms with E-state index in [9.17, 15) is 19.2 Å². The predicted octanol–water partition coefficient (Wildman–Crippen LogP) is 7.56. The van der Waals surface area contributed by atoms with Crippen molar-refractivity contribution in [3.05, 3.63) is 71.8 Å². The molecule has 2 aliphatic heterocycles. The van der Waals surface area contributed by atoms with Gasteiger partial charge in [-0.3, -0.25) is 14.4 Å². The van der Waals surface area contributed by atoms with Crippen LogP contribution in [0.25, 0.3) is 0 Å². The van der Waals surface area contributed by atoms with Crippen molar-refractivity contribution in [2.24, 2.45) is 5.41 Å². The highest BCUT2D eigenvalue weighted by molar-refractivity contribution is 5.98. The molecule has 2 aliphatic carbocycles. The molecule has 0 spiro atoms. The standard InChI is InChI=1S/C20H27FN2O3.C20H26FNO3/c1-14(15-9-6-5-7-10-15)23-13-19(22-17(25)26-18(2,3)4)11-8-12-20(19,21)16(23)24;1-14(15-9-6-5-7-10-15)22-13-19(17(24)25-18(2,3)4)11-8-12-20(19,21)16(22)23/h5-7,9-10,14H,8,11-13H2,1-4H3,(H,22,25);5-7,9-10,14H,8,11-13H2,1-4H3/t14-,19-,20+;14-,19+,20+/m11/s1. The number of alkyl carbamates (subject to hydrolysis) is 1. The lowest BCUT2D eigenvalue weighted by atomic mass is 9.78. The molecular formula is C40H53F2N3O6. The molecule has 2 saturated heterocycles. The third kappa shape index (κ3) is 6.97. The van der Waals surface area contributed by atoms with Gasteiger partial charge in [0.1, 0.15) is 22.2 Å². The average Bonchev–Trinajstić information content (AvgIpc) is 3.70. The number of carbonyl (C=O) groups is 4. The molecule has 9 nitrogen and oxygen atoms in total. The van der Waals surface area contributed by atoms with E-state index in [2.05, 4.69) is 5.32 Å². The number of fused-ring (bicyclic) bond motifs is 2. The molecule has 2 heterocycles. The number of carbonyl (C=O) groups excluding carboxylic acids is 4. The molecule has 0 unspecified atom stereocenters. The molecule has 2 aromatic carbocycles. The summed E-state index contributed by atoms with van der Waals surface area (Å²) in [4.78, 5) is 54.2. The zero-order valence-corrected chi connectivity index (χ0v) is 31.2. The van der Waals surface area contributed by atoms with Gasteiger partial charge in [0.15, 0.2) is 0 Å². The Kier molecular flexibility index (Phi) is 10.1. The highest BCUT2D eigenvalue weighted by Gasteiger charge is 2.73. The summed E-state index contributed by atoms with van der Waals surface area (Å²) in [5.41, 5.74) is -6.37. The Hall–Kier alpha value is -4.02. The maximum atomic E-state index is 15.8. The smallest absolute Gasteiger partial charge is 0.408 e. The molecule has 51 heavy (non-hydrogen) atoms. The van der Waals surface area contributed by atoms with Crippen LogP contribution in [0.15, 0.2) is 60.7 Å². The summed E-state index contributed by atoms with van der Waals surface area (Å²) in [6.07, 6.45) is 1.39. The lowest BCUT2D eigenvalue weighted by molar-refractivity contribution is -0.174. The average molecular weight is 710 g/mol. The Morgan fingerprint density at radius 1 is 0.686 bits per heavy atom. The minimum Gasteiger partial charge on any atom is -0.459 e. The molecule has 6 atom stereocenters. The molecule has 278 valence electrons. The molecule has 3 amide bonds. The first-order valence-corrected chi connectivity index (χ1v) is 18.0. The largest absolute Gasteiger partial charge is 0.459 e. The fraction of sp³-hybridized carbons (Fsp3) is 0.600. The molecule has 2 aromatic rings. The quantitative estimate of drug-likeness (QED) is 0.311. The second kappa shape index (κ2) is 13.5. The summed E-state index contributed by atoms with van der Waals surface area (Å²) in [6.45, 7) is 14.5. The minimum atomic E-state index is -2.15. The van der Waals surface area contributed by atoms with Crippen LogP contribution in [0, 0.1) is 5.41 Å². The number of benzene rings is 2. The fourth-order valence-electron chi connectivity index (χ4n) is 8.21. The molecule has 0 radical (unpaired) electrons. The third-order valence-electron chi connectivity index (χ3n) is 10.9. The second-order valence-corrected chi connectivity index (χ2v) is 16.6. The summed E-state index contributed by atoms with van der Waals surface area (Å²) in [6, 6.07) is 18.5. The summed E-state index contributed by atoms with van der Waals surface area (Å²) in [5, 5.41) is 2.72. The number of likely N-dealkylation sites (tertiary alicyclic amines) is 2. The van der Waals surface area contributed by atoms with Crippen LogP contribution >= 0.6 is 0 Å². The summed E-state index contributed by atoms with van der Waals surface area (Å²) >= 11 is 0. The number of alkyl halides is 2. The van der Waals surface area contributed by atoms with Gasteiger partial charge in [-0.2, -0.15) is 0 Å². The Morgan fingerprint density at radius 3 is 1.65 bits per heavy atom. The maximum absolute atomic E-state index is 15.8. The van der Waals surface area contributed by atoms with Crippen molar-refractivity contribution >= 4 is 23.9 Å². The van der Waals surface area contributed by atoms with E-state index in [1.54, 1.807) is 46.4 Å². The second-order valence-electron chi connectivity index (χ2n) is 16.6. The van der Waals surface area contributed by atoms with Gasteiger partial charge >= 0.3 is 12.1 Å². The first-order valence-electron chi connectivity index (χ1n) is 18.0. The highest BCUT2D eigenvalue weighted by atomic mass is 19.1. The number of amides is 3. The van der Waals surface area contributed by atoms with Crippen molar-refractivity contribution in [2.75, 3.05) is 13.1 Å². The van der Waals surface area contributed by atoms with Crippen LogP contribution in [0.4, 0.5) is 13.6 Å². The molecule has 4 fully saturated rings. The van der Waals surface area contributed by atoms with Gasteiger partial charge in [-0.15, -0.1) is 0 Å². The Bertz CT molecular complexity index is 1630. The SMILES string of the molecule is C[C@H](c1ccccc1)N1C[C@]2(C(=O)OC(C)(C)C)CCC[C@]2(F)C1=O.C[C@H](c1ccccc1)N1C[C@]2(NC(=O)OC(C)(C)C)CCC[C@]2(F)C1=O. The first kappa shape index (κ1) is 38.2. The highest BCUT2D eigenvalue weighted by Crippen LogP contribution is 2.57. The first-order chi connectivity index (χ1) is 23.7. The number of hydrogen-bond acceptors (Lipinski definition) is 6. The van der Waals surface area contributed by atoms with Gasteiger partial charge in [-0.1, -0.05) is 60.7 Å². The van der Waals surface area contributed by atoms with E-state index in [0.29, 0.717) is 25.7 Å².